The molecular formula is C19H20N4O2S. The van der Waals surface area contributed by atoms with Crippen molar-refractivity contribution in [1.82, 2.24) is 10.2 Å². The van der Waals surface area contributed by atoms with Gasteiger partial charge in [0.2, 0.25) is 17.7 Å². The van der Waals surface area contributed by atoms with Gasteiger partial charge in [0.1, 0.15) is 0 Å². The summed E-state index contributed by atoms with van der Waals surface area (Å²) in [4.78, 5) is 14.7. The molecule has 2 aromatic heterocycles. The van der Waals surface area contributed by atoms with Crippen molar-refractivity contribution in [1.29, 1.82) is 0 Å². The Bertz CT molecular complexity index is 869. The monoisotopic (exact) mass is 368 g/mol. The first-order valence-corrected chi connectivity index (χ1v) is 9.73. The van der Waals surface area contributed by atoms with Gasteiger partial charge in [-0.05, 0) is 36.4 Å². The summed E-state index contributed by atoms with van der Waals surface area (Å²) in [5.41, 5.74) is 2.87. The number of nitrogens with zero attached hydrogens (tertiary/aromatic N) is 3. The van der Waals surface area contributed by atoms with Crippen molar-refractivity contribution in [2.24, 2.45) is 0 Å². The lowest BCUT2D eigenvalue weighted by Crippen LogP contribution is -2.21. The predicted molar refractivity (Wildman–Crippen MR) is 102 cm³/mol. The van der Waals surface area contributed by atoms with E-state index in [9.17, 15) is 4.79 Å². The van der Waals surface area contributed by atoms with Crippen LogP contribution in [-0.2, 0) is 11.2 Å². The summed E-state index contributed by atoms with van der Waals surface area (Å²) >= 11 is 1.58. The second-order valence-electron chi connectivity index (χ2n) is 6.27. The molecule has 0 saturated carbocycles. The summed E-state index contributed by atoms with van der Waals surface area (Å²) in [6, 6.07) is 9.90. The highest BCUT2D eigenvalue weighted by molar-refractivity contribution is 7.08. The van der Waals surface area contributed by atoms with E-state index in [1.807, 2.05) is 35.0 Å². The lowest BCUT2D eigenvalue weighted by Gasteiger charge is -2.21. The van der Waals surface area contributed by atoms with Crippen molar-refractivity contribution in [3.63, 3.8) is 0 Å². The highest BCUT2D eigenvalue weighted by atomic mass is 32.1. The van der Waals surface area contributed by atoms with Gasteiger partial charge < -0.3 is 14.6 Å². The number of nitrogens with one attached hydrogen (secondary N) is 1. The van der Waals surface area contributed by atoms with E-state index in [1.165, 1.54) is 12.8 Å². The number of aryl methyl sites for hydroxylation is 1. The molecule has 3 aromatic rings. The number of benzene rings is 1. The molecule has 3 heterocycles. The fraction of sp³-hybridized carbons (Fsp3) is 0.316. The van der Waals surface area contributed by atoms with E-state index in [2.05, 4.69) is 26.5 Å². The van der Waals surface area contributed by atoms with Crippen LogP contribution < -0.4 is 10.2 Å². The molecule has 1 amide bonds. The van der Waals surface area contributed by atoms with E-state index in [-0.39, 0.29) is 5.91 Å². The Balaban J connectivity index is 1.36. The molecule has 1 aliphatic rings. The molecule has 26 heavy (non-hydrogen) atoms. The van der Waals surface area contributed by atoms with Crippen molar-refractivity contribution < 1.29 is 9.21 Å². The smallest absolute Gasteiger partial charge is 0.248 e. The van der Waals surface area contributed by atoms with Crippen molar-refractivity contribution in [3.05, 3.63) is 47.0 Å². The molecule has 1 fully saturated rings. The van der Waals surface area contributed by atoms with Gasteiger partial charge in [0, 0.05) is 36.9 Å². The molecule has 0 atom stereocenters. The van der Waals surface area contributed by atoms with E-state index < -0.39 is 0 Å². The summed E-state index contributed by atoms with van der Waals surface area (Å²) in [7, 11) is 0. The van der Waals surface area contributed by atoms with Crippen molar-refractivity contribution in [2.75, 3.05) is 23.3 Å². The third kappa shape index (κ3) is 3.77. The molecule has 4 rings (SSSR count). The number of anilines is 2. The van der Waals surface area contributed by atoms with Crippen LogP contribution in [0, 0.1) is 0 Å². The highest BCUT2D eigenvalue weighted by Crippen LogP contribution is 2.28. The summed E-state index contributed by atoms with van der Waals surface area (Å²) in [5, 5.41) is 15.0. The van der Waals surface area contributed by atoms with E-state index in [0.717, 1.165) is 30.0 Å². The van der Waals surface area contributed by atoms with E-state index >= 15 is 0 Å². The topological polar surface area (TPSA) is 71.3 Å². The van der Waals surface area contributed by atoms with Gasteiger partial charge in [-0.3, -0.25) is 4.79 Å². The largest absolute Gasteiger partial charge is 0.421 e. The van der Waals surface area contributed by atoms with Gasteiger partial charge in [0.05, 0.1) is 11.4 Å². The van der Waals surface area contributed by atoms with Crippen LogP contribution in [0.4, 0.5) is 11.4 Å². The molecule has 6 nitrogen and oxygen atoms in total. The highest BCUT2D eigenvalue weighted by Gasteiger charge is 2.17. The number of aromatic nitrogens is 2. The van der Waals surface area contributed by atoms with E-state index in [1.54, 1.807) is 11.3 Å². The Labute approximate surface area is 155 Å². The summed E-state index contributed by atoms with van der Waals surface area (Å²) in [6.45, 7) is 2.08. The van der Waals surface area contributed by atoms with Crippen molar-refractivity contribution in [3.8, 4) is 11.5 Å². The molecule has 0 aliphatic carbocycles. The fourth-order valence-corrected chi connectivity index (χ4v) is 3.73. The van der Waals surface area contributed by atoms with Crippen LogP contribution in [0.25, 0.3) is 11.5 Å². The van der Waals surface area contributed by atoms with Gasteiger partial charge in [0.15, 0.2) is 0 Å². The molecule has 0 spiro atoms. The first-order valence-electron chi connectivity index (χ1n) is 8.78. The third-order valence-corrected chi connectivity index (χ3v) is 5.11. The molecular weight excluding hydrogens is 348 g/mol. The van der Waals surface area contributed by atoms with Crippen LogP contribution in [0.15, 0.2) is 45.5 Å². The number of amides is 1. The molecule has 0 radical (unpaired) electrons. The molecule has 1 aromatic carbocycles. The molecule has 0 unspecified atom stereocenters. The summed E-state index contributed by atoms with van der Waals surface area (Å²) in [5.74, 6) is 0.933. The molecule has 0 bridgehead atoms. The Morgan fingerprint density at radius 2 is 2.04 bits per heavy atom. The minimum atomic E-state index is -0.0491. The van der Waals surface area contributed by atoms with Crippen LogP contribution in [0.5, 0.6) is 0 Å². The van der Waals surface area contributed by atoms with Gasteiger partial charge >= 0.3 is 0 Å². The molecule has 1 aliphatic heterocycles. The average molecular weight is 368 g/mol. The standard InChI is InChI=1S/C19H20N4O2S/c24-17(7-8-18-21-22-19(25-18)14-9-12-26-13-14)20-15-5-1-2-6-16(15)23-10-3-4-11-23/h1-2,5-6,9,12-13H,3-4,7-8,10-11H2,(H,20,24). The zero-order valence-electron chi connectivity index (χ0n) is 14.4. The number of rotatable bonds is 6. The van der Waals surface area contributed by atoms with Crippen LogP contribution in [0.2, 0.25) is 0 Å². The third-order valence-electron chi connectivity index (χ3n) is 4.43. The summed E-state index contributed by atoms with van der Waals surface area (Å²) in [6.07, 6.45) is 3.13. The maximum absolute atomic E-state index is 12.4. The average Bonchev–Trinajstić information content (AvgIpc) is 3.42. The first kappa shape index (κ1) is 16.8. The van der Waals surface area contributed by atoms with Crippen LogP contribution in [0.1, 0.15) is 25.2 Å². The Morgan fingerprint density at radius 3 is 2.85 bits per heavy atom. The number of thiophene rings is 1. The van der Waals surface area contributed by atoms with Gasteiger partial charge in [0.25, 0.3) is 0 Å². The van der Waals surface area contributed by atoms with Crippen LogP contribution in [0.3, 0.4) is 0 Å². The quantitative estimate of drug-likeness (QED) is 0.713. The second-order valence-corrected chi connectivity index (χ2v) is 7.05. The number of hydrogen-bond donors (Lipinski definition) is 1. The van der Waals surface area contributed by atoms with Gasteiger partial charge in [-0.15, -0.1) is 10.2 Å². The van der Waals surface area contributed by atoms with Crippen molar-refractivity contribution in [2.45, 2.75) is 25.7 Å². The first-order chi connectivity index (χ1) is 12.8. The molecule has 1 saturated heterocycles. The van der Waals surface area contributed by atoms with Crippen LogP contribution >= 0.6 is 11.3 Å². The molecule has 1 N–H and O–H groups in total. The van der Waals surface area contributed by atoms with Crippen molar-refractivity contribution >= 4 is 28.6 Å². The summed E-state index contributed by atoms with van der Waals surface area (Å²) < 4.78 is 5.63. The second kappa shape index (κ2) is 7.70. The maximum atomic E-state index is 12.4. The predicted octanol–water partition coefficient (Wildman–Crippen LogP) is 3.97. The fourth-order valence-electron chi connectivity index (χ4n) is 3.10. The van der Waals surface area contributed by atoms with E-state index in [0.29, 0.717) is 24.6 Å². The minimum absolute atomic E-state index is 0.0491. The number of hydrogen-bond acceptors (Lipinski definition) is 6. The zero-order chi connectivity index (χ0) is 17.8. The zero-order valence-corrected chi connectivity index (χ0v) is 15.2. The van der Waals surface area contributed by atoms with E-state index in [4.69, 9.17) is 4.42 Å². The number of carbonyl (C=O) groups excluding carboxylic acids is 1. The number of para-hydroxylation sites is 2. The maximum Gasteiger partial charge on any atom is 0.248 e. The SMILES string of the molecule is O=C(CCc1nnc(-c2ccsc2)o1)Nc1ccccc1N1CCCC1. The molecule has 134 valence electrons. The Hall–Kier alpha value is -2.67. The lowest BCUT2D eigenvalue weighted by molar-refractivity contribution is -0.116. The number of carbonyl (C=O) groups is 1. The Kier molecular flexibility index (Phi) is 4.97. The molecule has 7 heteroatoms. The van der Waals surface area contributed by atoms with Crippen LogP contribution in [-0.4, -0.2) is 29.2 Å². The Morgan fingerprint density at radius 1 is 1.19 bits per heavy atom. The normalized spacial score (nSPS) is 13.9. The minimum Gasteiger partial charge on any atom is -0.421 e. The van der Waals surface area contributed by atoms with Gasteiger partial charge in [-0.1, -0.05) is 12.1 Å². The van der Waals surface area contributed by atoms with Gasteiger partial charge in [-0.2, -0.15) is 11.3 Å². The van der Waals surface area contributed by atoms with Gasteiger partial charge in [-0.25, -0.2) is 0 Å². The lowest BCUT2D eigenvalue weighted by atomic mass is 10.2.